The van der Waals surface area contributed by atoms with Gasteiger partial charge < -0.3 is 4.90 Å². The van der Waals surface area contributed by atoms with Gasteiger partial charge in [-0.3, -0.25) is 4.79 Å². The summed E-state index contributed by atoms with van der Waals surface area (Å²) in [4.78, 5) is 14.3. The number of likely N-dealkylation sites (tertiary alicyclic amines) is 1. The second-order valence-corrected chi connectivity index (χ2v) is 7.65. The number of carbonyl (C=O) groups excluding carboxylic acids is 1. The van der Waals surface area contributed by atoms with Crippen LogP contribution in [0, 0.1) is 17.5 Å². The molecule has 0 aliphatic carbocycles. The van der Waals surface area contributed by atoms with Gasteiger partial charge in [-0.25, -0.2) is 13.2 Å². The van der Waals surface area contributed by atoms with Gasteiger partial charge in [0.25, 0.3) is 5.91 Å². The highest BCUT2D eigenvalue weighted by Gasteiger charge is 2.27. The first-order chi connectivity index (χ1) is 13.5. The predicted octanol–water partition coefficient (Wildman–Crippen LogP) is 4.64. The highest BCUT2D eigenvalue weighted by molar-refractivity contribution is 7.14. The number of nitrogens with zero attached hydrogens (tertiary/aromatic N) is 3. The van der Waals surface area contributed by atoms with E-state index >= 15 is 0 Å². The summed E-state index contributed by atoms with van der Waals surface area (Å²) in [5, 5.41) is 9.43. The molecule has 1 fully saturated rings. The first-order valence-corrected chi connectivity index (χ1v) is 9.66. The van der Waals surface area contributed by atoms with Crippen molar-refractivity contribution in [1.29, 1.82) is 0 Å². The second-order valence-electron chi connectivity index (χ2n) is 6.64. The minimum atomic E-state index is -0.664. The van der Waals surface area contributed by atoms with Crippen LogP contribution in [0.5, 0.6) is 0 Å². The molecule has 28 heavy (non-hydrogen) atoms. The zero-order valence-electron chi connectivity index (χ0n) is 14.7. The minimum absolute atomic E-state index is 0.121. The Labute approximate surface area is 163 Å². The monoisotopic (exact) mass is 403 g/mol. The molecular weight excluding hydrogens is 387 g/mol. The number of amides is 1. The van der Waals surface area contributed by atoms with Crippen molar-refractivity contribution >= 4 is 17.2 Å². The molecule has 0 radical (unpaired) electrons. The van der Waals surface area contributed by atoms with Crippen LogP contribution in [0.25, 0.3) is 10.6 Å². The van der Waals surface area contributed by atoms with Crippen LogP contribution in [0.1, 0.15) is 34.1 Å². The van der Waals surface area contributed by atoms with Crippen LogP contribution in [0.15, 0.2) is 42.5 Å². The number of hydrogen-bond acceptors (Lipinski definition) is 4. The molecule has 3 aromatic rings. The third-order valence-electron chi connectivity index (χ3n) is 4.82. The lowest BCUT2D eigenvalue weighted by atomic mass is 9.97. The normalized spacial score (nSPS) is 15.0. The van der Waals surface area contributed by atoms with E-state index in [1.54, 1.807) is 4.90 Å². The Morgan fingerprint density at radius 1 is 0.964 bits per heavy atom. The fraction of sp³-hybridized carbons (Fsp3) is 0.250. The van der Waals surface area contributed by atoms with Crippen molar-refractivity contribution in [3.63, 3.8) is 0 Å². The number of benzene rings is 2. The number of aromatic nitrogens is 2. The van der Waals surface area contributed by atoms with E-state index in [9.17, 15) is 18.0 Å². The summed E-state index contributed by atoms with van der Waals surface area (Å²) in [5.74, 6) is -1.66. The molecule has 2 heterocycles. The second kappa shape index (κ2) is 7.71. The summed E-state index contributed by atoms with van der Waals surface area (Å²) in [6.45, 7) is 1.11. The lowest BCUT2D eigenvalue weighted by Gasteiger charge is -2.31. The molecule has 1 aliphatic heterocycles. The Balaban J connectivity index is 1.42. The first-order valence-electron chi connectivity index (χ1n) is 8.85. The number of halogens is 3. The highest BCUT2D eigenvalue weighted by atomic mass is 32.1. The van der Waals surface area contributed by atoms with Crippen molar-refractivity contribution in [3.8, 4) is 10.6 Å². The molecule has 144 valence electrons. The molecule has 0 spiro atoms. The molecule has 0 atom stereocenters. The van der Waals surface area contributed by atoms with Gasteiger partial charge >= 0.3 is 0 Å². The predicted molar refractivity (Wildman–Crippen MR) is 99.5 cm³/mol. The SMILES string of the molecule is O=C(c1ccc(F)cc1)N1CCC(c2nnc(-c3ccc(F)cc3F)s2)CC1. The minimum Gasteiger partial charge on any atom is -0.339 e. The average Bonchev–Trinajstić information content (AvgIpc) is 3.18. The van der Waals surface area contributed by atoms with Crippen molar-refractivity contribution in [2.45, 2.75) is 18.8 Å². The third-order valence-corrected chi connectivity index (χ3v) is 5.94. The standard InChI is InChI=1S/C20H16F3N3OS/c21-14-3-1-13(2-4-14)20(27)26-9-7-12(8-10-26)18-24-25-19(28-18)16-6-5-15(22)11-17(16)23/h1-6,11-12H,7-10H2. The molecule has 0 bridgehead atoms. The van der Waals surface area contributed by atoms with Crippen LogP contribution in [0.3, 0.4) is 0 Å². The van der Waals surface area contributed by atoms with Gasteiger partial charge in [-0.2, -0.15) is 0 Å². The Morgan fingerprint density at radius 2 is 1.64 bits per heavy atom. The largest absolute Gasteiger partial charge is 0.339 e. The number of rotatable bonds is 3. The van der Waals surface area contributed by atoms with Gasteiger partial charge in [0.05, 0.1) is 0 Å². The molecule has 1 aliphatic rings. The molecule has 4 rings (SSSR count). The molecule has 2 aromatic carbocycles. The van der Waals surface area contributed by atoms with Crippen LogP contribution >= 0.6 is 11.3 Å². The molecule has 1 aromatic heterocycles. The summed E-state index contributed by atoms with van der Waals surface area (Å²) in [6.07, 6.45) is 1.43. The average molecular weight is 403 g/mol. The van der Waals surface area contributed by atoms with E-state index in [0.29, 0.717) is 36.5 Å². The zero-order chi connectivity index (χ0) is 19.7. The molecular formula is C20H16F3N3OS. The van der Waals surface area contributed by atoms with Gasteiger partial charge in [-0.05, 0) is 49.2 Å². The van der Waals surface area contributed by atoms with E-state index in [2.05, 4.69) is 10.2 Å². The number of hydrogen-bond donors (Lipinski definition) is 0. The maximum atomic E-state index is 13.9. The lowest BCUT2D eigenvalue weighted by Crippen LogP contribution is -2.37. The quantitative estimate of drug-likeness (QED) is 0.640. The number of carbonyl (C=O) groups is 1. The summed E-state index contributed by atoms with van der Waals surface area (Å²) >= 11 is 1.29. The molecule has 4 nitrogen and oxygen atoms in total. The van der Waals surface area contributed by atoms with Gasteiger partial charge in [0, 0.05) is 36.2 Å². The fourth-order valence-corrected chi connectivity index (χ4v) is 4.32. The van der Waals surface area contributed by atoms with Gasteiger partial charge in [0.15, 0.2) is 5.01 Å². The smallest absolute Gasteiger partial charge is 0.253 e. The van der Waals surface area contributed by atoms with Crippen LogP contribution in [0.2, 0.25) is 0 Å². The lowest BCUT2D eigenvalue weighted by molar-refractivity contribution is 0.0713. The fourth-order valence-electron chi connectivity index (χ4n) is 3.28. The summed E-state index contributed by atoms with van der Waals surface area (Å²) in [6, 6.07) is 8.90. The summed E-state index contributed by atoms with van der Waals surface area (Å²) < 4.78 is 40.0. The first kappa shape index (κ1) is 18.6. The molecule has 0 N–H and O–H groups in total. The Bertz CT molecular complexity index is 998. The molecule has 0 unspecified atom stereocenters. The van der Waals surface area contributed by atoms with E-state index in [1.807, 2.05) is 0 Å². The summed E-state index contributed by atoms with van der Waals surface area (Å²) in [5.41, 5.74) is 0.693. The Kier molecular flexibility index (Phi) is 5.13. The van der Waals surface area contributed by atoms with E-state index < -0.39 is 11.6 Å². The van der Waals surface area contributed by atoms with E-state index in [1.165, 1.54) is 47.7 Å². The van der Waals surface area contributed by atoms with E-state index in [-0.39, 0.29) is 23.2 Å². The Hall–Kier alpha value is -2.74. The summed E-state index contributed by atoms with van der Waals surface area (Å²) in [7, 11) is 0. The molecule has 1 amide bonds. The van der Waals surface area contributed by atoms with E-state index in [0.717, 1.165) is 11.1 Å². The van der Waals surface area contributed by atoms with Gasteiger partial charge in [0.2, 0.25) is 0 Å². The third kappa shape index (κ3) is 3.77. The maximum absolute atomic E-state index is 13.9. The van der Waals surface area contributed by atoms with Crippen LogP contribution in [-0.4, -0.2) is 34.1 Å². The van der Waals surface area contributed by atoms with Crippen molar-refractivity contribution in [3.05, 3.63) is 70.5 Å². The van der Waals surface area contributed by atoms with Gasteiger partial charge in [0.1, 0.15) is 22.5 Å². The zero-order valence-corrected chi connectivity index (χ0v) is 15.6. The van der Waals surface area contributed by atoms with Crippen LogP contribution < -0.4 is 0 Å². The van der Waals surface area contributed by atoms with Crippen molar-refractivity contribution in [1.82, 2.24) is 15.1 Å². The van der Waals surface area contributed by atoms with Crippen molar-refractivity contribution < 1.29 is 18.0 Å². The molecule has 8 heteroatoms. The van der Waals surface area contributed by atoms with Crippen LogP contribution in [0.4, 0.5) is 13.2 Å². The topological polar surface area (TPSA) is 46.1 Å². The maximum Gasteiger partial charge on any atom is 0.253 e. The van der Waals surface area contributed by atoms with E-state index in [4.69, 9.17) is 0 Å². The van der Waals surface area contributed by atoms with Gasteiger partial charge in [-0.15, -0.1) is 10.2 Å². The molecule has 1 saturated heterocycles. The Morgan fingerprint density at radius 3 is 2.32 bits per heavy atom. The van der Waals surface area contributed by atoms with Gasteiger partial charge in [-0.1, -0.05) is 11.3 Å². The van der Waals surface area contributed by atoms with Crippen molar-refractivity contribution in [2.24, 2.45) is 0 Å². The molecule has 0 saturated carbocycles. The van der Waals surface area contributed by atoms with Crippen LogP contribution in [-0.2, 0) is 0 Å². The number of piperidine rings is 1. The highest BCUT2D eigenvalue weighted by Crippen LogP contribution is 2.34. The van der Waals surface area contributed by atoms with Crippen molar-refractivity contribution in [2.75, 3.05) is 13.1 Å².